The quantitative estimate of drug-likeness (QED) is 0.437. The van der Waals surface area contributed by atoms with Crippen molar-refractivity contribution in [2.75, 3.05) is 43.5 Å². The van der Waals surface area contributed by atoms with Gasteiger partial charge in [-0.25, -0.2) is 8.78 Å². The van der Waals surface area contributed by atoms with Gasteiger partial charge >= 0.3 is 0 Å². The van der Waals surface area contributed by atoms with Gasteiger partial charge in [0.2, 0.25) is 0 Å². The predicted octanol–water partition coefficient (Wildman–Crippen LogP) is 4.12. The fourth-order valence-corrected chi connectivity index (χ4v) is 5.23. The zero-order valence-corrected chi connectivity index (χ0v) is 19.9. The molecule has 2 aromatic heterocycles. The van der Waals surface area contributed by atoms with Crippen LogP contribution in [0.5, 0.6) is 0 Å². The molecule has 37 heavy (non-hydrogen) atoms. The minimum atomic E-state index is -0.648. The van der Waals surface area contributed by atoms with Crippen molar-refractivity contribution in [3.63, 3.8) is 0 Å². The number of hydrogen-bond acceptors (Lipinski definition) is 7. The van der Waals surface area contributed by atoms with Gasteiger partial charge in [-0.15, -0.1) is 0 Å². The smallest absolute Gasteiger partial charge is 0.126 e. The number of fused-ring (bicyclic) bond motifs is 1. The molecule has 9 heteroatoms. The van der Waals surface area contributed by atoms with Crippen molar-refractivity contribution in [1.29, 1.82) is 5.26 Å². The number of nitrogens with zero attached hydrogens (tertiary/aromatic N) is 4. The van der Waals surface area contributed by atoms with Crippen LogP contribution < -0.4 is 16.0 Å². The Bertz CT molecular complexity index is 1520. The number of morpholine rings is 1. The van der Waals surface area contributed by atoms with Gasteiger partial charge in [-0.3, -0.25) is 9.97 Å². The number of aromatic nitrogens is 2. The number of anilines is 2. The maximum absolute atomic E-state index is 14.2. The van der Waals surface area contributed by atoms with Crippen LogP contribution in [-0.2, 0) is 4.74 Å². The zero-order valence-electron chi connectivity index (χ0n) is 19.9. The van der Waals surface area contributed by atoms with Crippen molar-refractivity contribution in [3.8, 4) is 28.5 Å². The van der Waals surface area contributed by atoms with Gasteiger partial charge in [0.25, 0.3) is 0 Å². The van der Waals surface area contributed by atoms with E-state index in [2.05, 4.69) is 26.3 Å². The molecule has 4 heterocycles. The molecule has 1 atom stereocenters. The summed E-state index contributed by atoms with van der Waals surface area (Å²) in [6, 6.07) is 13.1. The predicted molar refractivity (Wildman–Crippen MR) is 138 cm³/mol. The van der Waals surface area contributed by atoms with Crippen LogP contribution in [0, 0.1) is 28.9 Å². The molecule has 2 aliphatic rings. The summed E-state index contributed by atoms with van der Waals surface area (Å²) < 4.78 is 34.1. The van der Waals surface area contributed by atoms with Crippen LogP contribution in [0.4, 0.5) is 20.2 Å². The van der Waals surface area contributed by atoms with Gasteiger partial charge in [0.05, 0.1) is 41.4 Å². The lowest BCUT2D eigenvalue weighted by Gasteiger charge is -2.47. The molecule has 6 rings (SSSR count). The number of pyridine rings is 2. The Morgan fingerprint density at radius 3 is 2.59 bits per heavy atom. The van der Waals surface area contributed by atoms with E-state index in [-0.39, 0.29) is 6.04 Å². The molecule has 0 spiro atoms. The highest BCUT2D eigenvalue weighted by Crippen LogP contribution is 2.42. The molecule has 0 amide bonds. The highest BCUT2D eigenvalue weighted by Gasteiger charge is 2.36. The number of nitrogens with two attached hydrogens (primary N) is 1. The molecule has 0 bridgehead atoms. The number of nitrogen functional groups attached to an aromatic ring is 1. The van der Waals surface area contributed by atoms with Gasteiger partial charge < -0.3 is 20.7 Å². The van der Waals surface area contributed by atoms with Crippen molar-refractivity contribution < 1.29 is 13.5 Å². The van der Waals surface area contributed by atoms with Crippen molar-refractivity contribution in [2.45, 2.75) is 6.04 Å². The highest BCUT2D eigenvalue weighted by molar-refractivity contribution is 6.02. The van der Waals surface area contributed by atoms with Crippen LogP contribution in [0.2, 0.25) is 0 Å². The Morgan fingerprint density at radius 2 is 1.86 bits per heavy atom. The van der Waals surface area contributed by atoms with E-state index >= 15 is 0 Å². The minimum Gasteiger partial charge on any atom is -0.396 e. The summed E-state index contributed by atoms with van der Waals surface area (Å²) in [6.07, 6.45) is 3.22. The normalized spacial score (nSPS) is 18.0. The first-order valence-electron chi connectivity index (χ1n) is 12.1. The molecule has 1 unspecified atom stereocenters. The van der Waals surface area contributed by atoms with Crippen LogP contribution >= 0.6 is 0 Å². The number of halogens is 2. The van der Waals surface area contributed by atoms with Crippen LogP contribution in [-0.4, -0.2) is 48.9 Å². The molecule has 0 radical (unpaired) electrons. The molecular weight excluding hydrogens is 474 g/mol. The Labute approximate surface area is 212 Å². The van der Waals surface area contributed by atoms with Crippen molar-refractivity contribution >= 4 is 22.3 Å². The molecule has 3 N–H and O–H groups in total. The average molecular weight is 499 g/mol. The third-order valence-electron chi connectivity index (χ3n) is 7.14. The molecule has 4 aromatic rings. The largest absolute Gasteiger partial charge is 0.396 e. The molecule has 7 nitrogen and oxygen atoms in total. The standard InChI is InChI=1S/C28H24F2N6O/c29-20-7-18(8-21(30)10-20)23-12-35-24-2-1-16(27-26(32)17(11-31)3-4-34-27)9-22(24)28(23)36-13-19(14-36)25-15-37-6-5-33-25/h1-4,7-10,12,19,25,33H,5-6,13-15,32H2. The molecule has 186 valence electrons. The summed E-state index contributed by atoms with van der Waals surface area (Å²) in [6.45, 7) is 3.73. The molecule has 0 saturated carbocycles. The second-order valence-electron chi connectivity index (χ2n) is 9.44. The van der Waals surface area contributed by atoms with Gasteiger partial charge in [0.1, 0.15) is 17.7 Å². The van der Waals surface area contributed by atoms with E-state index < -0.39 is 11.6 Å². The third-order valence-corrected chi connectivity index (χ3v) is 7.14. The summed E-state index contributed by atoms with van der Waals surface area (Å²) in [5, 5.41) is 13.7. The van der Waals surface area contributed by atoms with Gasteiger partial charge in [-0.1, -0.05) is 6.07 Å². The first kappa shape index (κ1) is 23.3. The van der Waals surface area contributed by atoms with E-state index in [1.165, 1.54) is 12.1 Å². The summed E-state index contributed by atoms with van der Waals surface area (Å²) in [5.41, 5.74) is 10.8. The van der Waals surface area contributed by atoms with E-state index in [1.54, 1.807) is 18.5 Å². The Balaban J connectivity index is 1.49. The average Bonchev–Trinajstić information content (AvgIpc) is 2.88. The van der Waals surface area contributed by atoms with Crippen molar-refractivity contribution in [2.24, 2.45) is 5.92 Å². The van der Waals surface area contributed by atoms with Gasteiger partial charge in [0, 0.05) is 66.6 Å². The van der Waals surface area contributed by atoms with Crippen LogP contribution in [0.15, 0.2) is 54.9 Å². The lowest BCUT2D eigenvalue weighted by molar-refractivity contribution is 0.0509. The van der Waals surface area contributed by atoms with E-state index in [0.717, 1.165) is 47.9 Å². The molecule has 2 fully saturated rings. The van der Waals surface area contributed by atoms with E-state index in [4.69, 9.17) is 10.5 Å². The molecule has 2 saturated heterocycles. The highest BCUT2D eigenvalue weighted by atomic mass is 19.1. The Morgan fingerprint density at radius 1 is 1.05 bits per heavy atom. The molecule has 0 aliphatic carbocycles. The maximum Gasteiger partial charge on any atom is 0.126 e. The summed E-state index contributed by atoms with van der Waals surface area (Å²) in [5.74, 6) is -0.913. The van der Waals surface area contributed by atoms with E-state index in [0.29, 0.717) is 47.2 Å². The summed E-state index contributed by atoms with van der Waals surface area (Å²) in [7, 11) is 0. The second-order valence-corrected chi connectivity index (χ2v) is 9.44. The first-order valence-corrected chi connectivity index (χ1v) is 12.1. The third kappa shape index (κ3) is 4.24. The fraction of sp³-hybridized carbons (Fsp3) is 0.250. The number of ether oxygens (including phenoxy) is 1. The number of hydrogen-bond donors (Lipinski definition) is 2. The number of rotatable bonds is 4. The number of benzene rings is 2. The Kier molecular flexibility index (Phi) is 5.91. The minimum absolute atomic E-state index is 0.265. The van der Waals surface area contributed by atoms with Crippen LogP contribution in [0.3, 0.4) is 0 Å². The number of nitriles is 1. The second kappa shape index (κ2) is 9.39. The molecule has 2 aromatic carbocycles. The monoisotopic (exact) mass is 498 g/mol. The Hall–Kier alpha value is -4.13. The number of nitrogens with one attached hydrogen (secondary N) is 1. The summed E-state index contributed by atoms with van der Waals surface area (Å²) >= 11 is 0. The lowest BCUT2D eigenvalue weighted by Crippen LogP contribution is -2.59. The van der Waals surface area contributed by atoms with Crippen molar-refractivity contribution in [3.05, 3.63) is 72.1 Å². The fourth-order valence-electron chi connectivity index (χ4n) is 5.23. The van der Waals surface area contributed by atoms with E-state index in [9.17, 15) is 14.0 Å². The SMILES string of the molecule is N#Cc1ccnc(-c2ccc3ncc(-c4cc(F)cc(F)c4)c(N4CC(C5COCCN5)C4)c3c2)c1N. The van der Waals surface area contributed by atoms with Gasteiger partial charge in [-0.2, -0.15) is 5.26 Å². The molecule has 2 aliphatic heterocycles. The maximum atomic E-state index is 14.2. The first-order chi connectivity index (χ1) is 18.0. The van der Waals surface area contributed by atoms with Gasteiger partial charge in [0.15, 0.2) is 0 Å². The zero-order chi connectivity index (χ0) is 25.5. The van der Waals surface area contributed by atoms with Crippen LogP contribution in [0.25, 0.3) is 33.3 Å². The van der Waals surface area contributed by atoms with Crippen LogP contribution in [0.1, 0.15) is 5.56 Å². The summed E-state index contributed by atoms with van der Waals surface area (Å²) in [4.78, 5) is 11.2. The van der Waals surface area contributed by atoms with Gasteiger partial charge in [-0.05, 0) is 35.9 Å². The topological polar surface area (TPSA) is 100 Å². The lowest BCUT2D eigenvalue weighted by atomic mass is 9.88. The van der Waals surface area contributed by atoms with Crippen molar-refractivity contribution in [1.82, 2.24) is 15.3 Å². The molecular formula is C28H24F2N6O. The van der Waals surface area contributed by atoms with E-state index in [1.807, 2.05) is 18.2 Å².